The van der Waals surface area contributed by atoms with E-state index in [0.29, 0.717) is 0 Å². The lowest BCUT2D eigenvalue weighted by Gasteiger charge is -2.27. The lowest BCUT2D eigenvalue weighted by atomic mass is 10.0. The molecule has 0 aliphatic carbocycles. The Labute approximate surface area is 192 Å². The Morgan fingerprint density at radius 2 is 0.844 bits per heavy atom. The van der Waals surface area contributed by atoms with Crippen molar-refractivity contribution in [2.75, 3.05) is 52.5 Å². The number of rotatable bonds is 8. The first-order chi connectivity index (χ1) is 15.9. The number of ether oxygens (including phenoxy) is 2. The minimum Gasteiger partial charge on any atom is -0.491 e. The van der Waals surface area contributed by atoms with Gasteiger partial charge in [0.2, 0.25) is 0 Å². The van der Waals surface area contributed by atoms with Crippen LogP contribution in [0.3, 0.4) is 0 Å². The first-order valence-electron chi connectivity index (χ1n) is 12.5. The van der Waals surface area contributed by atoms with Crippen molar-refractivity contribution in [1.29, 1.82) is 0 Å². The van der Waals surface area contributed by atoms with Crippen LogP contribution in [0.25, 0.3) is 21.5 Å². The second-order valence-electron chi connectivity index (χ2n) is 9.25. The van der Waals surface area contributed by atoms with E-state index in [4.69, 9.17) is 9.47 Å². The molecule has 4 nitrogen and oxygen atoms in total. The number of piperidine rings is 2. The maximum Gasteiger partial charge on any atom is 0.135 e. The summed E-state index contributed by atoms with van der Waals surface area (Å²) in [4.78, 5) is 5.07. The number of hydrogen-bond donors (Lipinski definition) is 0. The Balaban J connectivity index is 1.39. The lowest BCUT2D eigenvalue weighted by molar-refractivity contribution is 0.184. The summed E-state index contributed by atoms with van der Waals surface area (Å²) in [6, 6.07) is 17.1. The molecule has 0 radical (unpaired) electrons. The van der Waals surface area contributed by atoms with E-state index >= 15 is 0 Å². The van der Waals surface area contributed by atoms with Crippen molar-refractivity contribution in [2.24, 2.45) is 0 Å². The fourth-order valence-corrected chi connectivity index (χ4v) is 5.28. The van der Waals surface area contributed by atoms with Crippen LogP contribution in [0.1, 0.15) is 38.5 Å². The number of likely N-dealkylation sites (tertiary alicyclic amines) is 2. The molecule has 0 amide bonds. The van der Waals surface area contributed by atoms with Gasteiger partial charge in [0.15, 0.2) is 0 Å². The van der Waals surface area contributed by atoms with Gasteiger partial charge in [-0.05, 0) is 51.9 Å². The Morgan fingerprint density at radius 1 is 0.500 bits per heavy atom. The average Bonchev–Trinajstić information content (AvgIpc) is 2.86. The summed E-state index contributed by atoms with van der Waals surface area (Å²) in [5, 5.41) is 4.60. The molecular formula is C28H36N2O2. The van der Waals surface area contributed by atoms with Crippen LogP contribution in [0.15, 0.2) is 48.5 Å². The van der Waals surface area contributed by atoms with Gasteiger partial charge in [0.25, 0.3) is 0 Å². The Kier molecular flexibility index (Phi) is 7.10. The van der Waals surface area contributed by atoms with E-state index in [-0.39, 0.29) is 0 Å². The van der Waals surface area contributed by atoms with Crippen molar-refractivity contribution in [1.82, 2.24) is 9.80 Å². The van der Waals surface area contributed by atoms with Crippen molar-refractivity contribution < 1.29 is 9.47 Å². The second kappa shape index (κ2) is 10.5. The van der Waals surface area contributed by atoms with Crippen LogP contribution in [-0.4, -0.2) is 62.3 Å². The minimum absolute atomic E-state index is 0.725. The Hall–Kier alpha value is -2.30. The van der Waals surface area contributed by atoms with Gasteiger partial charge in [-0.3, -0.25) is 9.80 Å². The zero-order valence-electron chi connectivity index (χ0n) is 19.2. The molecule has 4 heteroatoms. The normalized spacial score (nSPS) is 18.2. The summed E-state index contributed by atoms with van der Waals surface area (Å²) in [6.07, 6.45) is 7.99. The van der Waals surface area contributed by atoms with E-state index in [1.165, 1.54) is 64.7 Å². The molecule has 0 aromatic heterocycles. The van der Waals surface area contributed by atoms with Crippen molar-refractivity contribution in [3.8, 4) is 11.5 Å². The average molecular weight is 433 g/mol. The van der Waals surface area contributed by atoms with Crippen LogP contribution in [0.2, 0.25) is 0 Å². The Bertz CT molecular complexity index is 884. The number of benzene rings is 3. The van der Waals surface area contributed by atoms with E-state index in [0.717, 1.165) is 59.3 Å². The number of fused-ring (bicyclic) bond motifs is 2. The van der Waals surface area contributed by atoms with Crippen LogP contribution in [0, 0.1) is 0 Å². The highest BCUT2D eigenvalue weighted by Crippen LogP contribution is 2.42. The van der Waals surface area contributed by atoms with Gasteiger partial charge >= 0.3 is 0 Å². The molecule has 170 valence electrons. The monoisotopic (exact) mass is 432 g/mol. The molecule has 2 fully saturated rings. The maximum absolute atomic E-state index is 6.48. The quantitative estimate of drug-likeness (QED) is 0.425. The molecule has 0 atom stereocenters. The van der Waals surface area contributed by atoms with Crippen LogP contribution in [0.4, 0.5) is 0 Å². The summed E-state index contributed by atoms with van der Waals surface area (Å²) in [7, 11) is 0. The van der Waals surface area contributed by atoms with Crippen molar-refractivity contribution in [3.05, 3.63) is 48.5 Å². The molecule has 3 aromatic rings. The third-order valence-electron chi connectivity index (χ3n) is 7.04. The van der Waals surface area contributed by atoms with Crippen molar-refractivity contribution in [3.63, 3.8) is 0 Å². The molecule has 0 bridgehead atoms. The van der Waals surface area contributed by atoms with Gasteiger partial charge in [0.05, 0.1) is 0 Å². The molecule has 0 N–H and O–H groups in total. The van der Waals surface area contributed by atoms with Crippen LogP contribution in [-0.2, 0) is 0 Å². The number of nitrogens with zero attached hydrogens (tertiary/aromatic N) is 2. The molecule has 0 saturated carbocycles. The molecule has 3 aromatic carbocycles. The Morgan fingerprint density at radius 3 is 1.19 bits per heavy atom. The van der Waals surface area contributed by atoms with Gasteiger partial charge in [0, 0.05) is 34.6 Å². The summed E-state index contributed by atoms with van der Waals surface area (Å²) in [5.41, 5.74) is 0. The van der Waals surface area contributed by atoms with Crippen LogP contribution >= 0.6 is 0 Å². The smallest absolute Gasteiger partial charge is 0.135 e. The topological polar surface area (TPSA) is 24.9 Å². The number of hydrogen-bond acceptors (Lipinski definition) is 4. The van der Waals surface area contributed by atoms with Gasteiger partial charge in [-0.2, -0.15) is 0 Å². The predicted molar refractivity (Wildman–Crippen MR) is 133 cm³/mol. The molecule has 0 spiro atoms. The molecule has 5 rings (SSSR count). The molecule has 2 heterocycles. The third-order valence-corrected chi connectivity index (χ3v) is 7.04. The van der Waals surface area contributed by atoms with Gasteiger partial charge in [-0.1, -0.05) is 61.4 Å². The lowest BCUT2D eigenvalue weighted by Crippen LogP contribution is -2.33. The summed E-state index contributed by atoms with van der Waals surface area (Å²) in [5.74, 6) is 1.99. The predicted octanol–water partition coefficient (Wildman–Crippen LogP) is 5.72. The second-order valence-corrected chi connectivity index (χ2v) is 9.25. The molecule has 0 unspecified atom stereocenters. The van der Waals surface area contributed by atoms with Crippen molar-refractivity contribution in [2.45, 2.75) is 38.5 Å². The third kappa shape index (κ3) is 4.87. The van der Waals surface area contributed by atoms with Crippen LogP contribution in [0.5, 0.6) is 11.5 Å². The zero-order chi connectivity index (χ0) is 21.6. The SMILES string of the molecule is c1ccc2c(OCCN3CCCCC3)c3ccccc3c(OCCN3CCCCC3)c2c1. The largest absolute Gasteiger partial charge is 0.491 e. The highest BCUT2D eigenvalue weighted by molar-refractivity contribution is 6.11. The minimum atomic E-state index is 0.725. The molecule has 32 heavy (non-hydrogen) atoms. The highest BCUT2D eigenvalue weighted by Gasteiger charge is 2.17. The molecular weight excluding hydrogens is 396 g/mol. The highest BCUT2D eigenvalue weighted by atomic mass is 16.5. The van der Waals surface area contributed by atoms with Crippen LogP contribution < -0.4 is 9.47 Å². The first kappa shape index (κ1) is 21.5. The van der Waals surface area contributed by atoms with Gasteiger partial charge in [-0.25, -0.2) is 0 Å². The van der Waals surface area contributed by atoms with E-state index in [1.807, 2.05) is 0 Å². The van der Waals surface area contributed by atoms with E-state index < -0.39 is 0 Å². The van der Waals surface area contributed by atoms with Gasteiger partial charge < -0.3 is 9.47 Å². The molecule has 2 saturated heterocycles. The zero-order valence-corrected chi connectivity index (χ0v) is 19.2. The molecule has 2 aliphatic heterocycles. The van der Waals surface area contributed by atoms with E-state index in [9.17, 15) is 0 Å². The summed E-state index contributed by atoms with van der Waals surface area (Å²) < 4.78 is 13.0. The maximum atomic E-state index is 6.48. The van der Waals surface area contributed by atoms with Crippen molar-refractivity contribution >= 4 is 21.5 Å². The fourth-order valence-electron chi connectivity index (χ4n) is 5.28. The van der Waals surface area contributed by atoms with Gasteiger partial charge in [-0.15, -0.1) is 0 Å². The fraction of sp³-hybridized carbons (Fsp3) is 0.500. The summed E-state index contributed by atoms with van der Waals surface area (Å²) in [6.45, 7) is 8.26. The molecule has 2 aliphatic rings. The van der Waals surface area contributed by atoms with E-state index in [2.05, 4.69) is 58.3 Å². The standard InChI is InChI=1S/C28H36N2O2/c1-7-15-29(16-8-1)19-21-31-27-23-11-3-5-13-25(23)28(26-14-6-4-12-24(26)27)32-22-20-30-17-9-2-10-18-30/h3-6,11-14H,1-2,7-10,15-22H2. The van der Waals surface area contributed by atoms with Gasteiger partial charge in [0.1, 0.15) is 24.7 Å². The summed E-state index contributed by atoms with van der Waals surface area (Å²) >= 11 is 0. The first-order valence-corrected chi connectivity index (χ1v) is 12.5. The van der Waals surface area contributed by atoms with E-state index in [1.54, 1.807) is 0 Å².